The summed E-state index contributed by atoms with van der Waals surface area (Å²) in [5.74, 6) is 0. The number of aromatic nitrogens is 1. The van der Waals surface area contributed by atoms with E-state index < -0.39 is 0 Å². The second-order valence-electron chi connectivity index (χ2n) is 5.25. The van der Waals surface area contributed by atoms with E-state index in [-0.39, 0.29) is 0 Å². The van der Waals surface area contributed by atoms with E-state index in [4.69, 9.17) is 11.6 Å². The zero-order valence-electron chi connectivity index (χ0n) is 11.7. The molecule has 0 N–H and O–H groups in total. The van der Waals surface area contributed by atoms with Crippen LogP contribution >= 0.6 is 27.5 Å². The van der Waals surface area contributed by atoms with Crippen LogP contribution in [0.25, 0.3) is 0 Å². The van der Waals surface area contributed by atoms with Gasteiger partial charge in [0.05, 0.1) is 0 Å². The molecule has 3 rings (SSSR count). The molecule has 1 aromatic carbocycles. The lowest BCUT2D eigenvalue weighted by molar-refractivity contribution is 0.249. The van der Waals surface area contributed by atoms with Crippen molar-refractivity contribution < 1.29 is 0 Å². The average Bonchev–Trinajstić information content (AvgIpc) is 2.49. The van der Waals surface area contributed by atoms with Gasteiger partial charge in [-0.15, -0.1) is 0 Å². The highest BCUT2D eigenvalue weighted by molar-refractivity contribution is 9.10. The van der Waals surface area contributed by atoms with E-state index in [9.17, 15) is 0 Å². The molecular weight excluding hydrogens is 350 g/mol. The maximum absolute atomic E-state index is 5.94. The number of piperazine rings is 1. The smallest absolute Gasteiger partial charge is 0.0410 e. The van der Waals surface area contributed by atoms with Crippen LogP contribution in [0.4, 0.5) is 5.69 Å². The summed E-state index contributed by atoms with van der Waals surface area (Å²) >= 11 is 9.41. The maximum atomic E-state index is 5.94. The van der Waals surface area contributed by atoms with E-state index in [2.05, 4.69) is 48.9 Å². The number of anilines is 1. The quantitative estimate of drug-likeness (QED) is 0.823. The van der Waals surface area contributed by atoms with Gasteiger partial charge in [-0.1, -0.05) is 11.6 Å². The van der Waals surface area contributed by atoms with Crippen LogP contribution in [0.3, 0.4) is 0 Å². The Bertz CT molecular complexity index is 595. The number of halogens is 2. The van der Waals surface area contributed by atoms with Crippen molar-refractivity contribution in [2.24, 2.45) is 0 Å². The summed E-state index contributed by atoms with van der Waals surface area (Å²) in [6.07, 6.45) is 3.76. The normalized spacial score (nSPS) is 16.2. The second-order valence-corrected chi connectivity index (χ2v) is 6.60. The Morgan fingerprint density at radius 3 is 2.43 bits per heavy atom. The molecule has 3 nitrogen and oxygen atoms in total. The van der Waals surface area contributed by atoms with Crippen LogP contribution in [0, 0.1) is 0 Å². The van der Waals surface area contributed by atoms with Gasteiger partial charge in [0.25, 0.3) is 0 Å². The van der Waals surface area contributed by atoms with E-state index >= 15 is 0 Å². The van der Waals surface area contributed by atoms with Gasteiger partial charge in [-0.25, -0.2) is 0 Å². The largest absolute Gasteiger partial charge is 0.369 e. The number of nitrogens with zero attached hydrogens (tertiary/aromatic N) is 3. The highest BCUT2D eigenvalue weighted by atomic mass is 79.9. The fourth-order valence-electron chi connectivity index (χ4n) is 2.62. The van der Waals surface area contributed by atoms with Gasteiger partial charge in [-0.3, -0.25) is 9.88 Å². The van der Waals surface area contributed by atoms with Gasteiger partial charge in [0.2, 0.25) is 0 Å². The van der Waals surface area contributed by atoms with Crippen molar-refractivity contribution in [3.63, 3.8) is 0 Å². The third-order valence-electron chi connectivity index (χ3n) is 3.73. The van der Waals surface area contributed by atoms with Crippen molar-refractivity contribution in [1.82, 2.24) is 9.88 Å². The maximum Gasteiger partial charge on any atom is 0.0410 e. The molecule has 1 aromatic heterocycles. The molecule has 0 spiro atoms. The van der Waals surface area contributed by atoms with Gasteiger partial charge in [0, 0.05) is 60.3 Å². The summed E-state index contributed by atoms with van der Waals surface area (Å²) in [6, 6.07) is 10.2. The standard InChI is InChI=1S/C16H17BrClN3/c17-14-9-13(10-19-11-14)12-20-5-7-21(8-6-20)16-3-1-15(18)2-4-16/h1-4,9-11H,5-8,12H2. The van der Waals surface area contributed by atoms with Crippen molar-refractivity contribution in [1.29, 1.82) is 0 Å². The molecule has 110 valence electrons. The van der Waals surface area contributed by atoms with E-state index in [1.807, 2.05) is 24.5 Å². The first-order valence-electron chi connectivity index (χ1n) is 7.03. The molecule has 2 aromatic rings. The van der Waals surface area contributed by atoms with Crippen LogP contribution in [0.2, 0.25) is 5.02 Å². The van der Waals surface area contributed by atoms with Crippen LogP contribution < -0.4 is 4.90 Å². The van der Waals surface area contributed by atoms with Crippen molar-refractivity contribution in [3.05, 3.63) is 57.8 Å². The minimum absolute atomic E-state index is 0.791. The summed E-state index contributed by atoms with van der Waals surface area (Å²) < 4.78 is 1.04. The SMILES string of the molecule is Clc1ccc(N2CCN(Cc3cncc(Br)c3)CC2)cc1. The highest BCUT2D eigenvalue weighted by Crippen LogP contribution is 2.20. The predicted octanol–water partition coefficient (Wildman–Crippen LogP) is 3.82. The Labute approximate surface area is 138 Å². The summed E-state index contributed by atoms with van der Waals surface area (Å²) in [4.78, 5) is 9.10. The van der Waals surface area contributed by atoms with Gasteiger partial charge in [0.15, 0.2) is 0 Å². The lowest BCUT2D eigenvalue weighted by Gasteiger charge is -2.36. The van der Waals surface area contributed by atoms with Crippen molar-refractivity contribution in [3.8, 4) is 0 Å². The third kappa shape index (κ3) is 3.96. The molecule has 2 heterocycles. The number of hydrogen-bond acceptors (Lipinski definition) is 3. The van der Waals surface area contributed by atoms with Gasteiger partial charge in [-0.2, -0.15) is 0 Å². The Morgan fingerprint density at radius 2 is 1.76 bits per heavy atom. The van der Waals surface area contributed by atoms with Crippen molar-refractivity contribution in [2.75, 3.05) is 31.1 Å². The summed E-state index contributed by atoms with van der Waals surface area (Å²) in [5.41, 5.74) is 2.51. The number of rotatable bonds is 3. The molecule has 1 saturated heterocycles. The first-order chi connectivity index (χ1) is 10.2. The first kappa shape index (κ1) is 14.8. The summed E-state index contributed by atoms with van der Waals surface area (Å²) in [6.45, 7) is 5.18. The number of pyridine rings is 1. The zero-order chi connectivity index (χ0) is 14.7. The van der Waals surface area contributed by atoms with Crippen LogP contribution in [-0.2, 0) is 6.54 Å². The second kappa shape index (κ2) is 6.77. The Morgan fingerprint density at radius 1 is 1.05 bits per heavy atom. The summed E-state index contributed by atoms with van der Waals surface area (Å²) in [7, 11) is 0. The fourth-order valence-corrected chi connectivity index (χ4v) is 3.15. The molecule has 0 saturated carbocycles. The molecular formula is C16H17BrClN3. The zero-order valence-corrected chi connectivity index (χ0v) is 14.0. The van der Waals surface area contributed by atoms with Crippen LogP contribution in [0.15, 0.2) is 47.2 Å². The highest BCUT2D eigenvalue weighted by Gasteiger charge is 2.17. The van der Waals surface area contributed by atoms with Gasteiger partial charge >= 0.3 is 0 Å². The van der Waals surface area contributed by atoms with E-state index in [1.165, 1.54) is 11.3 Å². The Kier molecular flexibility index (Phi) is 4.78. The summed E-state index contributed by atoms with van der Waals surface area (Å²) in [5, 5.41) is 0.791. The molecule has 0 atom stereocenters. The van der Waals surface area contributed by atoms with E-state index in [0.29, 0.717) is 0 Å². The molecule has 21 heavy (non-hydrogen) atoms. The van der Waals surface area contributed by atoms with Crippen LogP contribution in [0.5, 0.6) is 0 Å². The molecule has 5 heteroatoms. The lowest BCUT2D eigenvalue weighted by Crippen LogP contribution is -2.45. The molecule has 0 aliphatic carbocycles. The van der Waals surface area contributed by atoms with Gasteiger partial charge in [0.1, 0.15) is 0 Å². The molecule has 0 bridgehead atoms. The van der Waals surface area contributed by atoms with Crippen LogP contribution in [-0.4, -0.2) is 36.1 Å². The van der Waals surface area contributed by atoms with E-state index in [0.717, 1.165) is 42.2 Å². The monoisotopic (exact) mass is 365 g/mol. The topological polar surface area (TPSA) is 19.4 Å². The third-order valence-corrected chi connectivity index (χ3v) is 4.42. The Balaban J connectivity index is 1.56. The van der Waals surface area contributed by atoms with Crippen LogP contribution in [0.1, 0.15) is 5.56 Å². The Hall–Kier alpha value is -1.10. The fraction of sp³-hybridized carbons (Fsp3) is 0.312. The van der Waals surface area contributed by atoms with Gasteiger partial charge < -0.3 is 4.90 Å². The first-order valence-corrected chi connectivity index (χ1v) is 8.20. The molecule has 1 fully saturated rings. The molecule has 0 radical (unpaired) electrons. The molecule has 1 aliphatic heterocycles. The van der Waals surface area contributed by atoms with Gasteiger partial charge in [-0.05, 0) is 51.8 Å². The van der Waals surface area contributed by atoms with Crippen molar-refractivity contribution in [2.45, 2.75) is 6.54 Å². The average molecular weight is 367 g/mol. The van der Waals surface area contributed by atoms with Crippen molar-refractivity contribution >= 4 is 33.2 Å². The molecule has 0 amide bonds. The number of benzene rings is 1. The minimum Gasteiger partial charge on any atom is -0.369 e. The molecule has 0 unspecified atom stereocenters. The lowest BCUT2D eigenvalue weighted by atomic mass is 10.2. The van der Waals surface area contributed by atoms with E-state index in [1.54, 1.807) is 0 Å². The molecule has 1 aliphatic rings. The minimum atomic E-state index is 0.791. The predicted molar refractivity (Wildman–Crippen MR) is 90.9 cm³/mol. The number of hydrogen-bond donors (Lipinski definition) is 0.